The van der Waals surface area contributed by atoms with Crippen molar-refractivity contribution >= 4 is 12.1 Å². The van der Waals surface area contributed by atoms with E-state index in [1.165, 1.54) is 0 Å². The van der Waals surface area contributed by atoms with Crippen LogP contribution in [-0.2, 0) is 11.4 Å². The van der Waals surface area contributed by atoms with Gasteiger partial charge in [-0.1, -0.05) is 60.7 Å². The lowest BCUT2D eigenvalue weighted by molar-refractivity contribution is -0.123. The van der Waals surface area contributed by atoms with Crippen LogP contribution in [0.5, 0.6) is 11.5 Å². The SMILES string of the molecule is Cc1cccc(C)c1OCC(=O)N/N=C/c1ccccc1OCc1ccccc1. The average molecular weight is 388 g/mol. The van der Waals surface area contributed by atoms with Crippen molar-refractivity contribution in [3.63, 3.8) is 0 Å². The highest BCUT2D eigenvalue weighted by Gasteiger charge is 2.07. The molecule has 148 valence electrons. The summed E-state index contributed by atoms with van der Waals surface area (Å²) < 4.78 is 11.5. The summed E-state index contributed by atoms with van der Waals surface area (Å²) in [5, 5.41) is 4.03. The van der Waals surface area contributed by atoms with Gasteiger partial charge in [-0.3, -0.25) is 4.79 Å². The van der Waals surface area contributed by atoms with E-state index in [2.05, 4.69) is 10.5 Å². The first-order valence-electron chi connectivity index (χ1n) is 9.40. The number of ether oxygens (including phenoxy) is 2. The van der Waals surface area contributed by atoms with Gasteiger partial charge in [0.05, 0.1) is 6.21 Å². The van der Waals surface area contributed by atoms with E-state index >= 15 is 0 Å². The van der Waals surface area contributed by atoms with Gasteiger partial charge in [0.2, 0.25) is 0 Å². The van der Waals surface area contributed by atoms with Gasteiger partial charge in [-0.2, -0.15) is 5.10 Å². The van der Waals surface area contributed by atoms with Crippen molar-refractivity contribution in [1.82, 2.24) is 5.43 Å². The molecule has 0 fully saturated rings. The lowest BCUT2D eigenvalue weighted by Crippen LogP contribution is -2.25. The number of hydrogen-bond donors (Lipinski definition) is 1. The predicted octanol–water partition coefficient (Wildman–Crippen LogP) is 4.41. The van der Waals surface area contributed by atoms with Gasteiger partial charge in [0, 0.05) is 5.56 Å². The van der Waals surface area contributed by atoms with Gasteiger partial charge in [-0.25, -0.2) is 5.43 Å². The zero-order chi connectivity index (χ0) is 20.5. The summed E-state index contributed by atoms with van der Waals surface area (Å²) in [6.45, 7) is 4.26. The van der Waals surface area contributed by atoms with Crippen molar-refractivity contribution in [2.24, 2.45) is 5.10 Å². The molecule has 0 heterocycles. The van der Waals surface area contributed by atoms with Gasteiger partial charge in [-0.05, 0) is 42.7 Å². The van der Waals surface area contributed by atoms with Crippen LogP contribution >= 0.6 is 0 Å². The molecular weight excluding hydrogens is 364 g/mol. The van der Waals surface area contributed by atoms with Crippen molar-refractivity contribution in [2.45, 2.75) is 20.5 Å². The second kappa shape index (κ2) is 10.1. The van der Waals surface area contributed by atoms with Crippen LogP contribution in [0.1, 0.15) is 22.3 Å². The number of nitrogens with one attached hydrogen (secondary N) is 1. The molecule has 3 aromatic carbocycles. The van der Waals surface area contributed by atoms with Crippen LogP contribution in [0, 0.1) is 13.8 Å². The molecule has 1 amide bonds. The minimum atomic E-state index is -0.327. The Bertz CT molecular complexity index is 964. The zero-order valence-corrected chi connectivity index (χ0v) is 16.6. The number of carbonyl (C=O) groups is 1. The van der Waals surface area contributed by atoms with E-state index in [1.54, 1.807) is 6.21 Å². The largest absolute Gasteiger partial charge is 0.488 e. The van der Waals surface area contributed by atoms with Crippen LogP contribution in [0.25, 0.3) is 0 Å². The van der Waals surface area contributed by atoms with Crippen LogP contribution in [0.2, 0.25) is 0 Å². The van der Waals surface area contributed by atoms with E-state index in [1.807, 2.05) is 86.6 Å². The Kier molecular flexibility index (Phi) is 7.00. The summed E-state index contributed by atoms with van der Waals surface area (Å²) in [7, 11) is 0. The van der Waals surface area contributed by atoms with E-state index in [0.29, 0.717) is 12.4 Å². The summed E-state index contributed by atoms with van der Waals surface area (Å²) >= 11 is 0. The maximum Gasteiger partial charge on any atom is 0.277 e. The summed E-state index contributed by atoms with van der Waals surface area (Å²) in [4.78, 5) is 12.0. The first kappa shape index (κ1) is 20.1. The molecule has 0 aromatic heterocycles. The number of hydrogen-bond acceptors (Lipinski definition) is 4. The Morgan fingerprint density at radius 1 is 0.897 bits per heavy atom. The van der Waals surface area contributed by atoms with Crippen LogP contribution in [-0.4, -0.2) is 18.7 Å². The second-order valence-corrected chi connectivity index (χ2v) is 6.61. The third-order valence-electron chi connectivity index (χ3n) is 4.31. The molecular formula is C24H24N2O3. The number of nitrogens with zero attached hydrogens (tertiary/aromatic N) is 1. The smallest absolute Gasteiger partial charge is 0.277 e. The molecule has 0 aliphatic carbocycles. The Morgan fingerprint density at radius 2 is 1.59 bits per heavy atom. The Hall–Kier alpha value is -3.60. The molecule has 0 aliphatic rings. The number of hydrazone groups is 1. The van der Waals surface area contributed by atoms with Crippen molar-refractivity contribution in [2.75, 3.05) is 6.61 Å². The molecule has 1 N–H and O–H groups in total. The summed E-state index contributed by atoms with van der Waals surface area (Å²) in [5.41, 5.74) is 6.33. The van der Waals surface area contributed by atoms with E-state index < -0.39 is 0 Å². The van der Waals surface area contributed by atoms with Crippen LogP contribution < -0.4 is 14.9 Å². The lowest BCUT2D eigenvalue weighted by Gasteiger charge is -2.11. The van der Waals surface area contributed by atoms with E-state index in [9.17, 15) is 4.79 Å². The fourth-order valence-corrected chi connectivity index (χ4v) is 2.82. The highest BCUT2D eigenvalue weighted by Crippen LogP contribution is 2.22. The molecule has 0 spiro atoms. The third kappa shape index (κ3) is 5.94. The van der Waals surface area contributed by atoms with E-state index in [0.717, 1.165) is 28.0 Å². The van der Waals surface area contributed by atoms with Gasteiger partial charge in [-0.15, -0.1) is 0 Å². The molecule has 3 rings (SSSR count). The fourth-order valence-electron chi connectivity index (χ4n) is 2.82. The Balaban J connectivity index is 1.54. The minimum absolute atomic E-state index is 0.102. The highest BCUT2D eigenvalue weighted by atomic mass is 16.5. The molecule has 5 heteroatoms. The number of rotatable bonds is 8. The number of aryl methyl sites for hydroxylation is 2. The quantitative estimate of drug-likeness (QED) is 0.459. The third-order valence-corrected chi connectivity index (χ3v) is 4.31. The van der Waals surface area contributed by atoms with Gasteiger partial charge in [0.15, 0.2) is 6.61 Å². The zero-order valence-electron chi connectivity index (χ0n) is 16.6. The van der Waals surface area contributed by atoms with Crippen LogP contribution in [0.4, 0.5) is 0 Å². The van der Waals surface area contributed by atoms with Crippen molar-refractivity contribution in [3.05, 3.63) is 95.1 Å². The average Bonchev–Trinajstić information content (AvgIpc) is 2.73. The maximum absolute atomic E-state index is 12.0. The highest BCUT2D eigenvalue weighted by molar-refractivity contribution is 5.85. The predicted molar refractivity (Wildman–Crippen MR) is 114 cm³/mol. The van der Waals surface area contributed by atoms with Crippen molar-refractivity contribution in [1.29, 1.82) is 0 Å². The maximum atomic E-state index is 12.0. The molecule has 0 atom stereocenters. The molecule has 5 nitrogen and oxygen atoms in total. The number of carbonyl (C=O) groups excluding carboxylic acids is 1. The van der Waals surface area contributed by atoms with Crippen LogP contribution in [0.15, 0.2) is 77.9 Å². The molecule has 0 unspecified atom stereocenters. The van der Waals surface area contributed by atoms with Crippen LogP contribution in [0.3, 0.4) is 0 Å². The molecule has 0 saturated heterocycles. The van der Waals surface area contributed by atoms with Gasteiger partial charge in [0.1, 0.15) is 18.1 Å². The molecule has 0 radical (unpaired) electrons. The van der Waals surface area contributed by atoms with Crippen molar-refractivity contribution < 1.29 is 14.3 Å². The summed E-state index contributed by atoms with van der Waals surface area (Å²) in [6, 6.07) is 23.3. The summed E-state index contributed by atoms with van der Waals surface area (Å²) in [5.74, 6) is 1.10. The Labute approximate surface area is 171 Å². The van der Waals surface area contributed by atoms with Gasteiger partial charge in [0.25, 0.3) is 5.91 Å². The number of amides is 1. The Morgan fingerprint density at radius 3 is 2.34 bits per heavy atom. The topological polar surface area (TPSA) is 59.9 Å². The van der Waals surface area contributed by atoms with E-state index in [-0.39, 0.29) is 12.5 Å². The monoisotopic (exact) mass is 388 g/mol. The first-order valence-corrected chi connectivity index (χ1v) is 9.40. The van der Waals surface area contributed by atoms with E-state index in [4.69, 9.17) is 9.47 Å². The van der Waals surface area contributed by atoms with Gasteiger partial charge >= 0.3 is 0 Å². The standard InChI is InChI=1S/C24H24N2O3/c1-18-9-8-10-19(2)24(18)29-17-23(27)26-25-15-21-13-6-7-14-22(21)28-16-20-11-4-3-5-12-20/h3-15H,16-17H2,1-2H3,(H,26,27)/b25-15+. The molecule has 0 bridgehead atoms. The lowest BCUT2D eigenvalue weighted by atomic mass is 10.1. The molecule has 29 heavy (non-hydrogen) atoms. The normalized spacial score (nSPS) is 10.7. The van der Waals surface area contributed by atoms with Crippen molar-refractivity contribution in [3.8, 4) is 11.5 Å². The minimum Gasteiger partial charge on any atom is -0.488 e. The molecule has 0 aliphatic heterocycles. The summed E-state index contributed by atoms with van der Waals surface area (Å²) in [6.07, 6.45) is 1.57. The van der Waals surface area contributed by atoms with Gasteiger partial charge < -0.3 is 9.47 Å². The number of para-hydroxylation sites is 2. The second-order valence-electron chi connectivity index (χ2n) is 6.61. The molecule has 3 aromatic rings. The number of benzene rings is 3. The fraction of sp³-hybridized carbons (Fsp3) is 0.167. The molecule has 0 saturated carbocycles. The first-order chi connectivity index (χ1) is 14.1.